The van der Waals surface area contributed by atoms with E-state index in [2.05, 4.69) is 15.2 Å². The van der Waals surface area contributed by atoms with Gasteiger partial charge in [0.25, 0.3) is 11.8 Å². The van der Waals surface area contributed by atoms with Crippen LogP contribution < -0.4 is 5.32 Å². The summed E-state index contributed by atoms with van der Waals surface area (Å²) >= 11 is 0. The van der Waals surface area contributed by atoms with Crippen LogP contribution in [-0.2, 0) is 4.74 Å². The summed E-state index contributed by atoms with van der Waals surface area (Å²) in [7, 11) is 3.66. The molecule has 1 aliphatic heterocycles. The Morgan fingerprint density at radius 3 is 2.74 bits per heavy atom. The molecule has 1 N–H and O–H groups in total. The zero-order valence-electron chi connectivity index (χ0n) is 13.7. The lowest BCUT2D eigenvalue weighted by molar-refractivity contribution is 0.0664. The van der Waals surface area contributed by atoms with E-state index in [1.165, 1.54) is 6.20 Å². The average Bonchev–Trinajstić information content (AvgIpc) is 2.59. The van der Waals surface area contributed by atoms with Gasteiger partial charge in [-0.1, -0.05) is 0 Å². The number of hydrogen-bond acceptors (Lipinski definition) is 5. The van der Waals surface area contributed by atoms with Crippen molar-refractivity contribution in [2.45, 2.75) is 6.42 Å². The Hall–Kier alpha value is -1.99. The van der Waals surface area contributed by atoms with Crippen LogP contribution in [0, 0.1) is 0 Å². The number of methoxy groups -OCH3 is 1. The second kappa shape index (κ2) is 8.59. The van der Waals surface area contributed by atoms with Crippen molar-refractivity contribution in [3.05, 3.63) is 29.6 Å². The molecule has 1 saturated heterocycles. The first-order valence-corrected chi connectivity index (χ1v) is 7.83. The van der Waals surface area contributed by atoms with E-state index in [4.69, 9.17) is 4.74 Å². The molecule has 7 heteroatoms. The second-order valence-corrected chi connectivity index (χ2v) is 5.63. The maximum Gasteiger partial charge on any atom is 0.269 e. The van der Waals surface area contributed by atoms with Crippen LogP contribution in [0.1, 0.15) is 27.3 Å². The van der Waals surface area contributed by atoms with Crippen LogP contribution in [-0.4, -0.2) is 80.1 Å². The quantitative estimate of drug-likeness (QED) is 0.760. The number of aromatic nitrogens is 1. The van der Waals surface area contributed by atoms with Crippen LogP contribution in [0.4, 0.5) is 0 Å². The van der Waals surface area contributed by atoms with Crippen molar-refractivity contribution in [3.8, 4) is 0 Å². The fourth-order valence-electron chi connectivity index (χ4n) is 2.39. The molecule has 0 atom stereocenters. The first-order chi connectivity index (χ1) is 11.1. The van der Waals surface area contributed by atoms with E-state index < -0.39 is 0 Å². The van der Waals surface area contributed by atoms with E-state index in [1.807, 2.05) is 11.9 Å². The summed E-state index contributed by atoms with van der Waals surface area (Å²) in [6.07, 6.45) is 2.25. The zero-order valence-corrected chi connectivity index (χ0v) is 13.7. The highest BCUT2D eigenvalue weighted by Gasteiger charge is 2.21. The van der Waals surface area contributed by atoms with E-state index in [0.29, 0.717) is 31.8 Å². The fraction of sp³-hybridized carbons (Fsp3) is 0.562. The number of amides is 2. The molecular formula is C16H24N4O3. The molecule has 1 fully saturated rings. The highest BCUT2D eigenvalue weighted by atomic mass is 16.5. The van der Waals surface area contributed by atoms with Gasteiger partial charge in [-0.15, -0.1) is 0 Å². The molecule has 23 heavy (non-hydrogen) atoms. The van der Waals surface area contributed by atoms with Crippen molar-refractivity contribution in [1.82, 2.24) is 20.1 Å². The average molecular weight is 320 g/mol. The van der Waals surface area contributed by atoms with Crippen molar-refractivity contribution in [1.29, 1.82) is 0 Å². The summed E-state index contributed by atoms with van der Waals surface area (Å²) in [5.74, 6) is -0.317. The maximum atomic E-state index is 12.5. The van der Waals surface area contributed by atoms with Gasteiger partial charge in [0.15, 0.2) is 0 Å². The molecule has 2 amide bonds. The lowest BCUT2D eigenvalue weighted by Crippen LogP contribution is -2.47. The molecule has 0 unspecified atom stereocenters. The molecular weight excluding hydrogens is 296 g/mol. The van der Waals surface area contributed by atoms with E-state index in [1.54, 1.807) is 19.2 Å². The third kappa shape index (κ3) is 5.01. The minimum Gasteiger partial charge on any atom is -0.385 e. The molecule has 0 aliphatic carbocycles. The van der Waals surface area contributed by atoms with E-state index in [9.17, 15) is 9.59 Å². The van der Waals surface area contributed by atoms with Crippen LogP contribution in [0.2, 0.25) is 0 Å². The van der Waals surface area contributed by atoms with Crippen molar-refractivity contribution < 1.29 is 14.3 Å². The Bertz CT molecular complexity index is 542. The van der Waals surface area contributed by atoms with Crippen LogP contribution in [0.15, 0.2) is 18.3 Å². The van der Waals surface area contributed by atoms with E-state index in [0.717, 1.165) is 19.5 Å². The molecule has 0 radical (unpaired) electrons. The molecule has 1 aromatic rings. The summed E-state index contributed by atoms with van der Waals surface area (Å²) in [5.41, 5.74) is 0.772. The molecule has 1 aliphatic rings. The monoisotopic (exact) mass is 320 g/mol. The van der Waals surface area contributed by atoms with Gasteiger partial charge in [-0.3, -0.25) is 14.6 Å². The Balaban J connectivity index is 1.96. The van der Waals surface area contributed by atoms with Crippen LogP contribution in [0.5, 0.6) is 0 Å². The van der Waals surface area contributed by atoms with Gasteiger partial charge >= 0.3 is 0 Å². The molecule has 2 rings (SSSR count). The maximum absolute atomic E-state index is 12.5. The molecule has 1 aromatic heterocycles. The lowest BCUT2D eigenvalue weighted by Gasteiger charge is -2.32. The smallest absolute Gasteiger partial charge is 0.269 e. The van der Waals surface area contributed by atoms with Gasteiger partial charge in [0.1, 0.15) is 5.69 Å². The molecule has 126 valence electrons. The van der Waals surface area contributed by atoms with Gasteiger partial charge < -0.3 is 19.9 Å². The Kier molecular flexibility index (Phi) is 6.49. The van der Waals surface area contributed by atoms with Crippen molar-refractivity contribution in [2.75, 3.05) is 53.5 Å². The SMILES string of the molecule is COCCCNC(=O)c1cc(C(=O)N2CCN(C)CC2)ccn1. The van der Waals surface area contributed by atoms with Gasteiger partial charge in [-0.05, 0) is 25.6 Å². The largest absolute Gasteiger partial charge is 0.385 e. The number of carbonyl (C=O) groups is 2. The second-order valence-electron chi connectivity index (χ2n) is 5.63. The highest BCUT2D eigenvalue weighted by Crippen LogP contribution is 2.09. The van der Waals surface area contributed by atoms with Crippen LogP contribution in [0.25, 0.3) is 0 Å². The number of rotatable bonds is 6. The van der Waals surface area contributed by atoms with Crippen LogP contribution in [0.3, 0.4) is 0 Å². The molecule has 0 spiro atoms. The molecule has 7 nitrogen and oxygen atoms in total. The van der Waals surface area contributed by atoms with Crippen molar-refractivity contribution >= 4 is 11.8 Å². The number of carbonyl (C=O) groups excluding carboxylic acids is 2. The lowest BCUT2D eigenvalue weighted by atomic mass is 10.1. The number of ether oxygens (including phenoxy) is 1. The molecule has 0 saturated carbocycles. The third-order valence-corrected chi connectivity index (χ3v) is 3.84. The molecule has 2 heterocycles. The van der Waals surface area contributed by atoms with Gasteiger partial charge in [0.05, 0.1) is 0 Å². The zero-order chi connectivity index (χ0) is 16.7. The predicted molar refractivity (Wildman–Crippen MR) is 86.5 cm³/mol. The molecule has 0 bridgehead atoms. The first kappa shape index (κ1) is 17.4. The summed E-state index contributed by atoms with van der Waals surface area (Å²) < 4.78 is 4.93. The summed E-state index contributed by atoms with van der Waals surface area (Å²) in [4.78, 5) is 32.6. The van der Waals surface area contributed by atoms with E-state index >= 15 is 0 Å². The van der Waals surface area contributed by atoms with Gasteiger partial charge in [-0.25, -0.2) is 0 Å². The minimum atomic E-state index is -0.269. The van der Waals surface area contributed by atoms with E-state index in [-0.39, 0.29) is 17.5 Å². The van der Waals surface area contributed by atoms with Gasteiger partial charge in [-0.2, -0.15) is 0 Å². The number of pyridine rings is 1. The number of likely N-dealkylation sites (N-methyl/N-ethyl adjacent to an activating group) is 1. The Labute approximate surface area is 136 Å². The fourth-order valence-corrected chi connectivity index (χ4v) is 2.39. The summed E-state index contributed by atoms with van der Waals surface area (Å²) in [6.45, 7) is 4.25. The topological polar surface area (TPSA) is 74.8 Å². The Morgan fingerprint density at radius 2 is 2.04 bits per heavy atom. The highest BCUT2D eigenvalue weighted by molar-refractivity contribution is 5.98. The van der Waals surface area contributed by atoms with Crippen molar-refractivity contribution in [2.24, 2.45) is 0 Å². The van der Waals surface area contributed by atoms with Gasteiger partial charge in [0, 0.05) is 58.2 Å². The van der Waals surface area contributed by atoms with Crippen molar-refractivity contribution in [3.63, 3.8) is 0 Å². The minimum absolute atomic E-state index is 0.0473. The van der Waals surface area contributed by atoms with Crippen LogP contribution >= 0.6 is 0 Å². The predicted octanol–water partition coefficient (Wildman–Crippen LogP) is 0.236. The number of nitrogens with one attached hydrogen (secondary N) is 1. The number of hydrogen-bond donors (Lipinski definition) is 1. The standard InChI is InChI=1S/C16H24N4O3/c1-19-7-9-20(10-8-19)16(22)13-4-6-17-14(12-13)15(21)18-5-3-11-23-2/h4,6,12H,3,5,7-11H2,1-2H3,(H,18,21). The third-order valence-electron chi connectivity index (χ3n) is 3.84. The van der Waals surface area contributed by atoms with Gasteiger partial charge in [0.2, 0.25) is 0 Å². The summed E-state index contributed by atoms with van der Waals surface area (Å²) in [5, 5.41) is 2.77. The Morgan fingerprint density at radius 1 is 1.30 bits per heavy atom. The number of nitrogens with zero attached hydrogens (tertiary/aromatic N) is 3. The summed E-state index contributed by atoms with van der Waals surface area (Å²) in [6, 6.07) is 3.22. The number of piperazine rings is 1. The first-order valence-electron chi connectivity index (χ1n) is 7.83. The normalized spacial score (nSPS) is 15.5. The molecule has 0 aromatic carbocycles.